The topological polar surface area (TPSA) is 155 Å². The number of aromatic nitrogens is 2. The second-order valence-corrected chi connectivity index (χ2v) is 15.2. The van der Waals surface area contributed by atoms with Crippen molar-refractivity contribution in [2.24, 2.45) is 5.92 Å². The van der Waals surface area contributed by atoms with Crippen LogP contribution in [-0.4, -0.2) is 74.2 Å². The van der Waals surface area contributed by atoms with Crippen molar-refractivity contribution in [3.63, 3.8) is 0 Å². The number of nitrogens with zero attached hydrogens (tertiary/aromatic N) is 4. The van der Waals surface area contributed by atoms with Gasteiger partial charge in [0, 0.05) is 31.1 Å². The number of hydrogen-bond acceptors (Lipinski definition) is 11. The molecule has 284 valence electrons. The summed E-state index contributed by atoms with van der Waals surface area (Å²) >= 11 is 12.8. The fourth-order valence-corrected chi connectivity index (χ4v) is 7.07. The highest BCUT2D eigenvalue weighted by atomic mass is 35.5. The fourth-order valence-electron chi connectivity index (χ4n) is 5.69. The minimum atomic E-state index is -3.91. The Balaban J connectivity index is 1.25. The van der Waals surface area contributed by atoms with Crippen LogP contribution in [0.1, 0.15) is 56.5 Å². The van der Waals surface area contributed by atoms with Gasteiger partial charge in [0.25, 0.3) is 11.8 Å². The molecule has 0 N–H and O–H groups in total. The maximum Gasteiger partial charge on any atom is 0.387 e. The van der Waals surface area contributed by atoms with Crippen LogP contribution >= 0.6 is 23.2 Å². The van der Waals surface area contributed by atoms with Crippen LogP contribution in [0.5, 0.6) is 17.2 Å². The van der Waals surface area contributed by atoms with Crippen LogP contribution in [-0.2, 0) is 32.5 Å². The highest BCUT2D eigenvalue weighted by Crippen LogP contribution is 2.38. The molecule has 4 aromatic rings. The first-order valence-corrected chi connectivity index (χ1v) is 19.0. The molecule has 1 aliphatic heterocycles. The molecule has 6 rings (SSSR count). The lowest BCUT2D eigenvalue weighted by molar-refractivity contribution is -0.149. The minimum absolute atomic E-state index is 0.00542. The summed E-state index contributed by atoms with van der Waals surface area (Å²) in [6.07, 6.45) is 5.71. The van der Waals surface area contributed by atoms with Crippen LogP contribution in [0.15, 0.2) is 67.1 Å². The molecule has 2 amide bonds. The summed E-state index contributed by atoms with van der Waals surface area (Å²) in [7, 11) is -2.46. The molecule has 2 aromatic carbocycles. The summed E-state index contributed by atoms with van der Waals surface area (Å²) < 4.78 is 74.7. The Bertz CT molecular complexity index is 2190. The highest BCUT2D eigenvalue weighted by molar-refractivity contribution is 7.92. The number of halogens is 4. The standard InChI is InChI=1S/C36H32Cl2F2N4O9S/c1-50-24-9-10-42-22(12-24)17-44(54(2,48)49)23-6-7-25-26(13-23)35(47)43(34(25)46)18-33(45)52-31(14-27-28(37)15-41-16-29(27)38)21-5-8-30(53-36(39)40)32(11-21)51-19-20-3-4-20/h5-13,15-16,20,31,36H,3-4,14,17-19H2,1-2H3/t31-/m0/s1. The number of sulfonamides is 1. The quantitative estimate of drug-likeness (QED) is 0.0930. The monoisotopic (exact) mass is 804 g/mol. The maximum atomic E-state index is 13.6. The molecule has 54 heavy (non-hydrogen) atoms. The lowest BCUT2D eigenvalue weighted by atomic mass is 10.0. The van der Waals surface area contributed by atoms with Gasteiger partial charge in [-0.2, -0.15) is 8.78 Å². The molecule has 0 radical (unpaired) electrons. The third-order valence-corrected chi connectivity index (χ3v) is 10.4. The van der Waals surface area contributed by atoms with Crippen molar-refractivity contribution in [2.45, 2.75) is 38.5 Å². The number of pyridine rings is 2. The van der Waals surface area contributed by atoms with Crippen molar-refractivity contribution >= 4 is 56.7 Å². The van der Waals surface area contributed by atoms with Gasteiger partial charge in [0.2, 0.25) is 10.0 Å². The van der Waals surface area contributed by atoms with Crippen molar-refractivity contribution in [2.75, 3.05) is 30.8 Å². The van der Waals surface area contributed by atoms with E-state index < -0.39 is 47.1 Å². The molecule has 3 heterocycles. The predicted molar refractivity (Wildman–Crippen MR) is 192 cm³/mol. The van der Waals surface area contributed by atoms with E-state index in [-0.39, 0.29) is 69.4 Å². The van der Waals surface area contributed by atoms with Gasteiger partial charge >= 0.3 is 12.6 Å². The molecule has 1 fully saturated rings. The Morgan fingerprint density at radius 3 is 2.39 bits per heavy atom. The average molecular weight is 806 g/mol. The van der Waals surface area contributed by atoms with E-state index in [1.807, 2.05) is 0 Å². The number of methoxy groups -OCH3 is 1. The molecular weight excluding hydrogens is 773 g/mol. The molecule has 2 aromatic heterocycles. The van der Waals surface area contributed by atoms with Crippen LogP contribution in [0, 0.1) is 5.92 Å². The summed E-state index contributed by atoms with van der Waals surface area (Å²) in [5.41, 5.74) is 0.899. The third kappa shape index (κ3) is 9.00. The molecular formula is C36H32Cl2F2N4O9S. The summed E-state index contributed by atoms with van der Waals surface area (Å²) in [6, 6.07) is 11.1. The highest BCUT2D eigenvalue weighted by Gasteiger charge is 2.38. The van der Waals surface area contributed by atoms with E-state index >= 15 is 0 Å². The Kier molecular flexibility index (Phi) is 11.5. The Morgan fingerprint density at radius 2 is 1.72 bits per heavy atom. The summed E-state index contributed by atoms with van der Waals surface area (Å²) in [4.78, 5) is 49.4. The first-order valence-electron chi connectivity index (χ1n) is 16.4. The van der Waals surface area contributed by atoms with Gasteiger partial charge in [0.1, 0.15) is 18.4 Å². The van der Waals surface area contributed by atoms with Crippen molar-refractivity contribution < 1.29 is 50.5 Å². The second-order valence-electron chi connectivity index (χ2n) is 12.5. The molecule has 2 aliphatic rings. The van der Waals surface area contributed by atoms with Crippen molar-refractivity contribution in [1.82, 2.24) is 14.9 Å². The van der Waals surface area contributed by atoms with Gasteiger partial charge in [-0.05, 0) is 66.3 Å². The van der Waals surface area contributed by atoms with Gasteiger partial charge in [0.15, 0.2) is 11.5 Å². The van der Waals surface area contributed by atoms with Gasteiger partial charge in [-0.15, -0.1) is 0 Å². The van der Waals surface area contributed by atoms with E-state index in [2.05, 4.69) is 14.7 Å². The number of amides is 2. The van der Waals surface area contributed by atoms with E-state index in [0.717, 1.165) is 23.4 Å². The van der Waals surface area contributed by atoms with Gasteiger partial charge in [0.05, 0.1) is 59.1 Å². The zero-order chi connectivity index (χ0) is 38.7. The number of imide groups is 1. The number of esters is 1. The van der Waals surface area contributed by atoms with E-state index in [1.54, 1.807) is 12.1 Å². The molecule has 0 saturated heterocycles. The molecule has 18 heteroatoms. The molecule has 0 spiro atoms. The van der Waals surface area contributed by atoms with Gasteiger partial charge < -0.3 is 18.9 Å². The van der Waals surface area contributed by atoms with Crippen LogP contribution in [0.3, 0.4) is 0 Å². The lowest BCUT2D eigenvalue weighted by Crippen LogP contribution is -2.36. The number of carbonyl (C=O) groups excluding carboxylic acids is 3. The average Bonchev–Trinajstić information content (AvgIpc) is 3.93. The van der Waals surface area contributed by atoms with Gasteiger partial charge in [-0.3, -0.25) is 33.6 Å². The number of alkyl halides is 2. The number of anilines is 1. The van der Waals surface area contributed by atoms with Gasteiger partial charge in [-0.1, -0.05) is 29.3 Å². The smallest absolute Gasteiger partial charge is 0.387 e. The van der Waals surface area contributed by atoms with Crippen molar-refractivity contribution in [3.05, 3.63) is 105 Å². The number of hydrogen-bond donors (Lipinski definition) is 0. The van der Waals surface area contributed by atoms with E-state index in [4.69, 9.17) is 37.4 Å². The maximum absolute atomic E-state index is 13.6. The van der Waals surface area contributed by atoms with Crippen LogP contribution < -0.4 is 18.5 Å². The van der Waals surface area contributed by atoms with E-state index in [1.165, 1.54) is 62.1 Å². The molecule has 1 aliphatic carbocycles. The lowest BCUT2D eigenvalue weighted by Gasteiger charge is -2.23. The number of benzene rings is 2. The number of carbonyl (C=O) groups is 3. The van der Waals surface area contributed by atoms with E-state index in [9.17, 15) is 31.6 Å². The van der Waals surface area contributed by atoms with Gasteiger partial charge in [-0.25, -0.2) is 8.42 Å². The van der Waals surface area contributed by atoms with Crippen molar-refractivity contribution in [1.29, 1.82) is 0 Å². The first kappa shape index (κ1) is 38.7. The molecule has 0 unspecified atom stereocenters. The zero-order valence-electron chi connectivity index (χ0n) is 28.7. The normalized spacial score (nSPS) is 14.5. The number of rotatable bonds is 16. The number of fused-ring (bicyclic) bond motifs is 1. The summed E-state index contributed by atoms with van der Waals surface area (Å²) in [5, 5.41) is 0.320. The molecule has 0 bridgehead atoms. The van der Waals surface area contributed by atoms with Crippen LogP contribution in [0.2, 0.25) is 10.0 Å². The summed E-state index contributed by atoms with van der Waals surface area (Å²) in [6.45, 7) is -3.89. The molecule has 13 nitrogen and oxygen atoms in total. The first-order chi connectivity index (χ1) is 25.7. The van der Waals surface area contributed by atoms with Crippen LogP contribution in [0.25, 0.3) is 0 Å². The summed E-state index contributed by atoms with van der Waals surface area (Å²) in [5.74, 6) is -2.17. The molecule has 1 atom stereocenters. The van der Waals surface area contributed by atoms with Crippen molar-refractivity contribution in [3.8, 4) is 17.2 Å². The predicted octanol–water partition coefficient (Wildman–Crippen LogP) is 6.27. The zero-order valence-corrected chi connectivity index (χ0v) is 31.0. The Labute approximate surface area is 318 Å². The molecule has 1 saturated carbocycles. The Hall–Kier alpha value is -5.06. The SMILES string of the molecule is COc1ccnc(CN(c2ccc3c(c2)C(=O)N(CC(=O)O[C@@H](Cc2c(Cl)cncc2Cl)c2ccc(OC(F)F)c(OCC4CC4)c2)C3=O)S(C)(=O)=O)c1. The largest absolute Gasteiger partial charge is 0.497 e. The third-order valence-electron chi connectivity index (χ3n) is 8.60. The fraction of sp³-hybridized carbons (Fsp3) is 0.306. The van der Waals surface area contributed by atoms with Crippen LogP contribution in [0.4, 0.5) is 14.5 Å². The number of ether oxygens (including phenoxy) is 4. The second kappa shape index (κ2) is 16.1. The minimum Gasteiger partial charge on any atom is -0.497 e. The Morgan fingerprint density at radius 1 is 1.00 bits per heavy atom. The van der Waals surface area contributed by atoms with E-state index in [0.29, 0.717) is 21.9 Å².